The number of aromatic nitrogens is 2. The zero-order chi connectivity index (χ0) is 12.3. The van der Waals surface area contributed by atoms with E-state index in [1.165, 1.54) is 16.5 Å². The molecule has 0 bridgehead atoms. The highest BCUT2D eigenvalue weighted by molar-refractivity contribution is 5.92. The number of rotatable bonds is 2. The molecule has 0 saturated carbocycles. The summed E-state index contributed by atoms with van der Waals surface area (Å²) in [6.45, 7) is 2.11. The maximum absolute atomic E-state index is 12.0. The summed E-state index contributed by atoms with van der Waals surface area (Å²) in [5.41, 5.74) is 2.14. The summed E-state index contributed by atoms with van der Waals surface area (Å²) in [7, 11) is 1.75. The van der Waals surface area contributed by atoms with Crippen molar-refractivity contribution in [2.45, 2.75) is 13.3 Å². The largest absolute Gasteiger partial charge is 0.333 e. The first kappa shape index (κ1) is 11.4. The third-order valence-electron chi connectivity index (χ3n) is 2.74. The fraction of sp³-hybridized carbons (Fsp3) is 0.231. The SMILES string of the molecule is CCc1ccc(N(C)C(=O)n2ccnc2)cc1. The van der Waals surface area contributed by atoms with Crippen molar-refractivity contribution in [1.82, 2.24) is 9.55 Å². The molecule has 1 heterocycles. The van der Waals surface area contributed by atoms with E-state index in [2.05, 4.69) is 11.9 Å². The lowest BCUT2D eigenvalue weighted by atomic mass is 10.1. The van der Waals surface area contributed by atoms with Crippen LogP contribution in [0.3, 0.4) is 0 Å². The van der Waals surface area contributed by atoms with Crippen LogP contribution in [0.1, 0.15) is 12.5 Å². The maximum atomic E-state index is 12.0. The Morgan fingerprint density at radius 1 is 1.35 bits per heavy atom. The number of anilines is 1. The van der Waals surface area contributed by atoms with E-state index in [1.807, 2.05) is 24.3 Å². The Morgan fingerprint density at radius 3 is 2.59 bits per heavy atom. The molecule has 1 amide bonds. The van der Waals surface area contributed by atoms with E-state index < -0.39 is 0 Å². The predicted octanol–water partition coefficient (Wildman–Crippen LogP) is 2.55. The molecular formula is C13H15N3O. The van der Waals surface area contributed by atoms with Crippen molar-refractivity contribution in [3.05, 3.63) is 48.5 Å². The van der Waals surface area contributed by atoms with Gasteiger partial charge in [-0.25, -0.2) is 9.78 Å². The molecule has 0 aliphatic carbocycles. The van der Waals surface area contributed by atoms with Gasteiger partial charge in [0.25, 0.3) is 0 Å². The van der Waals surface area contributed by atoms with Gasteiger partial charge in [-0.1, -0.05) is 19.1 Å². The molecule has 0 atom stereocenters. The van der Waals surface area contributed by atoms with E-state index in [0.29, 0.717) is 0 Å². The zero-order valence-corrected chi connectivity index (χ0v) is 10.00. The lowest BCUT2D eigenvalue weighted by molar-refractivity contribution is 0.249. The lowest BCUT2D eigenvalue weighted by Gasteiger charge is -2.17. The summed E-state index contributed by atoms with van der Waals surface area (Å²) in [4.78, 5) is 17.5. The number of aryl methyl sites for hydroxylation is 1. The van der Waals surface area contributed by atoms with Crippen LogP contribution >= 0.6 is 0 Å². The Labute approximate surface area is 101 Å². The molecule has 2 aromatic rings. The van der Waals surface area contributed by atoms with Gasteiger partial charge in [0.15, 0.2) is 0 Å². The molecule has 4 heteroatoms. The molecule has 2 rings (SSSR count). The minimum atomic E-state index is -0.119. The van der Waals surface area contributed by atoms with Crippen LogP contribution in [0, 0.1) is 0 Å². The highest BCUT2D eigenvalue weighted by atomic mass is 16.2. The zero-order valence-electron chi connectivity index (χ0n) is 10.00. The van der Waals surface area contributed by atoms with Gasteiger partial charge < -0.3 is 0 Å². The van der Waals surface area contributed by atoms with Crippen LogP contribution in [0.25, 0.3) is 0 Å². The van der Waals surface area contributed by atoms with Crippen molar-refractivity contribution in [3.8, 4) is 0 Å². The Kier molecular flexibility index (Phi) is 3.23. The van der Waals surface area contributed by atoms with E-state index in [-0.39, 0.29) is 6.03 Å². The predicted molar refractivity (Wildman–Crippen MR) is 67.2 cm³/mol. The molecule has 0 unspecified atom stereocenters. The molecule has 0 radical (unpaired) electrons. The number of hydrogen-bond donors (Lipinski definition) is 0. The molecule has 17 heavy (non-hydrogen) atoms. The molecule has 0 spiro atoms. The monoisotopic (exact) mass is 229 g/mol. The van der Waals surface area contributed by atoms with E-state index in [0.717, 1.165) is 12.1 Å². The van der Waals surface area contributed by atoms with Crippen molar-refractivity contribution in [2.24, 2.45) is 0 Å². The van der Waals surface area contributed by atoms with Gasteiger partial charge in [-0.15, -0.1) is 0 Å². The number of hydrogen-bond acceptors (Lipinski definition) is 2. The number of carbonyl (C=O) groups is 1. The molecule has 0 aliphatic rings. The van der Waals surface area contributed by atoms with Crippen molar-refractivity contribution in [3.63, 3.8) is 0 Å². The van der Waals surface area contributed by atoms with Crippen molar-refractivity contribution >= 4 is 11.7 Å². The Hall–Kier alpha value is -2.10. The van der Waals surface area contributed by atoms with Crippen LogP contribution in [-0.4, -0.2) is 22.6 Å². The highest BCUT2D eigenvalue weighted by Crippen LogP contribution is 2.15. The van der Waals surface area contributed by atoms with Gasteiger partial charge >= 0.3 is 6.03 Å². The second kappa shape index (κ2) is 4.82. The highest BCUT2D eigenvalue weighted by Gasteiger charge is 2.11. The van der Waals surface area contributed by atoms with Gasteiger partial charge in [0.05, 0.1) is 0 Å². The second-order valence-electron chi connectivity index (χ2n) is 3.83. The van der Waals surface area contributed by atoms with Crippen LogP contribution in [-0.2, 0) is 6.42 Å². The van der Waals surface area contributed by atoms with Gasteiger partial charge in [0.1, 0.15) is 6.33 Å². The fourth-order valence-corrected chi connectivity index (χ4v) is 1.61. The second-order valence-corrected chi connectivity index (χ2v) is 3.83. The van der Waals surface area contributed by atoms with Crippen molar-refractivity contribution in [1.29, 1.82) is 0 Å². The minimum Gasteiger partial charge on any atom is -0.297 e. The first-order valence-corrected chi connectivity index (χ1v) is 5.57. The summed E-state index contributed by atoms with van der Waals surface area (Å²) in [5, 5.41) is 0. The fourth-order valence-electron chi connectivity index (χ4n) is 1.61. The average Bonchev–Trinajstić information content (AvgIpc) is 2.91. The number of imidazole rings is 1. The molecule has 0 saturated heterocycles. The summed E-state index contributed by atoms with van der Waals surface area (Å²) in [6, 6.07) is 7.85. The van der Waals surface area contributed by atoms with Crippen LogP contribution in [0.5, 0.6) is 0 Å². The van der Waals surface area contributed by atoms with Gasteiger partial charge in [-0.2, -0.15) is 0 Å². The Bertz CT molecular complexity index is 488. The number of amides is 1. The first-order chi connectivity index (χ1) is 8.22. The number of benzene rings is 1. The van der Waals surface area contributed by atoms with Crippen molar-refractivity contribution in [2.75, 3.05) is 11.9 Å². The number of nitrogens with zero attached hydrogens (tertiary/aromatic N) is 3. The first-order valence-electron chi connectivity index (χ1n) is 5.57. The Morgan fingerprint density at radius 2 is 2.06 bits per heavy atom. The minimum absolute atomic E-state index is 0.119. The van der Waals surface area contributed by atoms with E-state index in [9.17, 15) is 4.79 Å². The van der Waals surface area contributed by atoms with Gasteiger partial charge in [-0.05, 0) is 24.1 Å². The molecule has 0 fully saturated rings. The smallest absolute Gasteiger partial charge is 0.297 e. The quantitative estimate of drug-likeness (QED) is 0.793. The van der Waals surface area contributed by atoms with Crippen molar-refractivity contribution < 1.29 is 4.79 Å². The Balaban J connectivity index is 2.19. The summed E-state index contributed by atoms with van der Waals surface area (Å²) >= 11 is 0. The lowest BCUT2D eigenvalue weighted by Crippen LogP contribution is -2.30. The maximum Gasteiger partial charge on any atom is 0.333 e. The molecule has 1 aromatic heterocycles. The standard InChI is InChI=1S/C13H15N3O/c1-3-11-4-6-12(7-5-11)15(2)13(17)16-9-8-14-10-16/h4-10H,3H2,1-2H3. The molecule has 4 nitrogen and oxygen atoms in total. The molecule has 0 aliphatic heterocycles. The average molecular weight is 229 g/mol. The van der Waals surface area contributed by atoms with E-state index in [1.54, 1.807) is 24.3 Å². The van der Waals surface area contributed by atoms with Gasteiger partial charge in [0, 0.05) is 25.1 Å². The molecule has 1 aromatic carbocycles. The third-order valence-corrected chi connectivity index (χ3v) is 2.74. The van der Waals surface area contributed by atoms with Crippen LogP contribution in [0.2, 0.25) is 0 Å². The van der Waals surface area contributed by atoms with Crippen LogP contribution < -0.4 is 4.90 Å². The molecular weight excluding hydrogens is 214 g/mol. The summed E-state index contributed by atoms with van der Waals surface area (Å²) in [6.07, 6.45) is 5.73. The van der Waals surface area contributed by atoms with Crippen LogP contribution in [0.15, 0.2) is 43.0 Å². The van der Waals surface area contributed by atoms with Gasteiger partial charge in [0.2, 0.25) is 0 Å². The summed E-state index contributed by atoms with van der Waals surface area (Å²) < 4.78 is 1.45. The van der Waals surface area contributed by atoms with E-state index in [4.69, 9.17) is 0 Å². The summed E-state index contributed by atoms with van der Waals surface area (Å²) in [5.74, 6) is 0. The van der Waals surface area contributed by atoms with Gasteiger partial charge in [-0.3, -0.25) is 9.47 Å². The molecule has 0 N–H and O–H groups in total. The van der Waals surface area contributed by atoms with Crippen LogP contribution in [0.4, 0.5) is 10.5 Å². The van der Waals surface area contributed by atoms with E-state index >= 15 is 0 Å². The molecule has 88 valence electrons. The topological polar surface area (TPSA) is 38.1 Å². The third kappa shape index (κ3) is 2.36. The normalized spacial score (nSPS) is 10.2. The number of carbonyl (C=O) groups excluding carboxylic acids is 1.